The van der Waals surface area contributed by atoms with Gasteiger partial charge in [-0.05, 0) is 61.8 Å². The second-order valence-corrected chi connectivity index (χ2v) is 11.9. The zero-order valence-corrected chi connectivity index (χ0v) is 28.4. The van der Waals surface area contributed by atoms with E-state index >= 15 is 0 Å². The largest absolute Gasteiger partial charge is 0.481 e. The van der Waals surface area contributed by atoms with Gasteiger partial charge in [0.1, 0.15) is 12.6 Å². The molecular weight excluding hydrogens is 642 g/mol. The molecule has 0 radical (unpaired) electrons. The summed E-state index contributed by atoms with van der Waals surface area (Å²) in [7, 11) is 0. The first-order valence-electron chi connectivity index (χ1n) is 16.6. The van der Waals surface area contributed by atoms with Crippen LogP contribution in [0.15, 0.2) is 78.9 Å². The van der Waals surface area contributed by atoms with Crippen LogP contribution in [0.25, 0.3) is 0 Å². The molecule has 0 aromatic heterocycles. The van der Waals surface area contributed by atoms with Crippen molar-refractivity contribution < 1.29 is 43.3 Å². The standard InChI is InChI=1S/C38H45N3O9/c1-26-13-11-14-27(2)35(26)37(47)49-25-32(42)30(19-9-10-22-39-33(43)20-12-21-34(44)45)40-36(46)31(23-28-15-5-3-6-16-28)41-38(48)50-24-29-17-7-4-8-18-29/h3-8,11,13-18,30-31H,9-10,12,19-25H2,1-2H3,(H,39,43)(H,40,46)(H,41,48)(H,44,45)/t30-,31-/m1/s1. The number of carbonyl (C=O) groups excluding carboxylic acids is 5. The van der Waals surface area contributed by atoms with Crippen molar-refractivity contribution >= 4 is 35.6 Å². The molecule has 50 heavy (non-hydrogen) atoms. The Labute approximate surface area is 291 Å². The predicted molar refractivity (Wildman–Crippen MR) is 185 cm³/mol. The van der Waals surface area contributed by atoms with Crippen LogP contribution in [0, 0.1) is 13.8 Å². The van der Waals surface area contributed by atoms with E-state index in [4.69, 9.17) is 14.6 Å². The van der Waals surface area contributed by atoms with Crippen molar-refractivity contribution in [3.8, 4) is 0 Å². The number of hydrogen-bond donors (Lipinski definition) is 4. The van der Waals surface area contributed by atoms with Crippen molar-refractivity contribution in [3.05, 3.63) is 107 Å². The van der Waals surface area contributed by atoms with Gasteiger partial charge in [0.2, 0.25) is 11.8 Å². The van der Waals surface area contributed by atoms with Crippen molar-refractivity contribution in [2.45, 2.75) is 77.5 Å². The van der Waals surface area contributed by atoms with Crippen LogP contribution < -0.4 is 16.0 Å². The van der Waals surface area contributed by atoms with E-state index in [-0.39, 0.29) is 51.2 Å². The molecule has 0 aliphatic rings. The Morgan fingerprint density at radius 2 is 1.34 bits per heavy atom. The van der Waals surface area contributed by atoms with Crippen molar-refractivity contribution in [2.75, 3.05) is 13.2 Å². The second-order valence-electron chi connectivity index (χ2n) is 11.9. The number of ketones is 1. The normalized spacial score (nSPS) is 11.8. The summed E-state index contributed by atoms with van der Waals surface area (Å²) in [5.74, 6) is -3.08. The van der Waals surface area contributed by atoms with Crippen LogP contribution in [0.5, 0.6) is 0 Å². The first-order chi connectivity index (χ1) is 24.0. The number of hydrogen-bond acceptors (Lipinski definition) is 8. The number of aliphatic carboxylic acids is 1. The van der Waals surface area contributed by atoms with E-state index in [2.05, 4.69) is 16.0 Å². The smallest absolute Gasteiger partial charge is 0.408 e. The van der Waals surface area contributed by atoms with Crippen LogP contribution in [-0.4, -0.2) is 66.0 Å². The van der Waals surface area contributed by atoms with Crippen LogP contribution in [-0.2, 0) is 41.7 Å². The maximum absolute atomic E-state index is 13.7. The number of rotatable bonds is 20. The average molecular weight is 688 g/mol. The monoisotopic (exact) mass is 687 g/mol. The van der Waals surface area contributed by atoms with Crippen molar-refractivity contribution in [3.63, 3.8) is 0 Å². The summed E-state index contributed by atoms with van der Waals surface area (Å²) in [4.78, 5) is 75.6. The zero-order chi connectivity index (χ0) is 36.3. The summed E-state index contributed by atoms with van der Waals surface area (Å²) in [6, 6.07) is 21.3. The highest BCUT2D eigenvalue weighted by molar-refractivity contribution is 5.96. The molecule has 0 fully saturated rings. The minimum absolute atomic E-state index is 0.00467. The molecule has 0 saturated heterocycles. The molecule has 12 nitrogen and oxygen atoms in total. The summed E-state index contributed by atoms with van der Waals surface area (Å²) < 4.78 is 10.7. The maximum Gasteiger partial charge on any atom is 0.408 e. The second kappa shape index (κ2) is 20.8. The molecule has 0 heterocycles. The number of Topliss-reactive ketones (excluding diaryl/α,β-unsaturated/α-hetero) is 1. The van der Waals surface area contributed by atoms with Crippen molar-refractivity contribution in [1.82, 2.24) is 16.0 Å². The molecule has 12 heteroatoms. The molecule has 3 rings (SSSR count). The third kappa shape index (κ3) is 13.9. The van der Waals surface area contributed by atoms with Crippen LogP contribution in [0.1, 0.15) is 71.1 Å². The lowest BCUT2D eigenvalue weighted by Crippen LogP contribution is -2.53. The fourth-order valence-electron chi connectivity index (χ4n) is 5.19. The number of benzene rings is 3. The van der Waals surface area contributed by atoms with Gasteiger partial charge in [-0.15, -0.1) is 0 Å². The maximum atomic E-state index is 13.7. The van der Waals surface area contributed by atoms with Gasteiger partial charge in [-0.1, -0.05) is 78.9 Å². The lowest BCUT2D eigenvalue weighted by molar-refractivity contribution is -0.137. The van der Waals surface area contributed by atoms with E-state index in [0.717, 1.165) is 11.1 Å². The van der Waals surface area contributed by atoms with Gasteiger partial charge >= 0.3 is 18.0 Å². The fraction of sp³-hybridized carbons (Fsp3) is 0.368. The van der Waals surface area contributed by atoms with Gasteiger partial charge in [0.15, 0.2) is 12.4 Å². The number of esters is 1. The van der Waals surface area contributed by atoms with E-state index < -0.39 is 48.4 Å². The molecule has 0 saturated carbocycles. The molecule has 0 spiro atoms. The zero-order valence-electron chi connectivity index (χ0n) is 28.4. The molecule has 3 aromatic carbocycles. The number of ether oxygens (including phenoxy) is 2. The summed E-state index contributed by atoms with van der Waals surface area (Å²) >= 11 is 0. The molecular formula is C38H45N3O9. The molecule has 4 N–H and O–H groups in total. The minimum Gasteiger partial charge on any atom is -0.481 e. The van der Waals surface area contributed by atoms with Crippen LogP contribution in [0.4, 0.5) is 4.79 Å². The number of nitrogens with one attached hydrogen (secondary N) is 3. The van der Waals surface area contributed by atoms with Gasteiger partial charge in [-0.2, -0.15) is 0 Å². The van der Waals surface area contributed by atoms with Gasteiger partial charge in [-0.3, -0.25) is 19.2 Å². The Kier molecular flexibility index (Phi) is 16.2. The lowest BCUT2D eigenvalue weighted by atomic mass is 10.0. The molecule has 2 atom stereocenters. The number of amides is 3. The summed E-state index contributed by atoms with van der Waals surface area (Å²) in [6.45, 7) is 3.23. The van der Waals surface area contributed by atoms with Crippen LogP contribution >= 0.6 is 0 Å². The summed E-state index contributed by atoms with van der Waals surface area (Å²) in [5, 5.41) is 16.9. The highest BCUT2D eigenvalue weighted by Gasteiger charge is 2.28. The average Bonchev–Trinajstić information content (AvgIpc) is 3.09. The molecule has 0 aliphatic heterocycles. The SMILES string of the molecule is Cc1cccc(C)c1C(=O)OCC(=O)[C@@H](CCCCNC(=O)CCCC(=O)O)NC(=O)[C@@H](Cc1ccccc1)NC(=O)OCc1ccccc1. The topological polar surface area (TPSA) is 177 Å². The molecule has 3 aromatic rings. The predicted octanol–water partition coefficient (Wildman–Crippen LogP) is 4.59. The number of carboxylic acid groups (broad SMARTS) is 1. The number of unbranched alkanes of at least 4 members (excludes halogenated alkanes) is 1. The third-order valence-corrected chi connectivity index (χ3v) is 7.88. The van der Waals surface area contributed by atoms with Gasteiger partial charge in [0.25, 0.3) is 0 Å². The van der Waals surface area contributed by atoms with E-state index in [1.807, 2.05) is 42.5 Å². The Hall–Kier alpha value is -5.52. The third-order valence-electron chi connectivity index (χ3n) is 7.88. The summed E-state index contributed by atoms with van der Waals surface area (Å²) in [6.07, 6.45) is 0.545. The highest BCUT2D eigenvalue weighted by atomic mass is 16.5. The molecule has 0 aliphatic carbocycles. The van der Waals surface area contributed by atoms with Gasteiger partial charge in [0, 0.05) is 25.8 Å². The molecule has 0 bridgehead atoms. The Morgan fingerprint density at radius 3 is 1.98 bits per heavy atom. The van der Waals surface area contributed by atoms with Gasteiger partial charge < -0.3 is 30.5 Å². The van der Waals surface area contributed by atoms with Crippen molar-refractivity contribution in [2.24, 2.45) is 0 Å². The minimum atomic E-state index is -1.10. The fourth-order valence-corrected chi connectivity index (χ4v) is 5.19. The van der Waals surface area contributed by atoms with Crippen molar-refractivity contribution in [1.29, 1.82) is 0 Å². The first-order valence-corrected chi connectivity index (χ1v) is 16.6. The molecule has 0 unspecified atom stereocenters. The van der Waals surface area contributed by atoms with Gasteiger partial charge in [0.05, 0.1) is 11.6 Å². The number of carbonyl (C=O) groups is 6. The Bertz CT molecular complexity index is 1580. The molecule has 266 valence electrons. The quantitative estimate of drug-likeness (QED) is 0.0977. The van der Waals surface area contributed by atoms with Gasteiger partial charge in [-0.25, -0.2) is 9.59 Å². The number of aryl methyl sites for hydroxylation is 2. The number of carboxylic acids is 1. The van der Waals surface area contributed by atoms with E-state index in [0.29, 0.717) is 29.5 Å². The number of alkyl carbamates (subject to hydrolysis) is 1. The van der Waals surface area contributed by atoms with Crippen LogP contribution in [0.2, 0.25) is 0 Å². The van der Waals surface area contributed by atoms with E-state index in [1.54, 1.807) is 50.2 Å². The summed E-state index contributed by atoms with van der Waals surface area (Å²) in [5.41, 5.74) is 3.29. The van der Waals surface area contributed by atoms with E-state index in [9.17, 15) is 28.8 Å². The Balaban J connectivity index is 1.68. The Morgan fingerprint density at radius 1 is 0.700 bits per heavy atom. The first kappa shape index (κ1) is 38.9. The lowest BCUT2D eigenvalue weighted by Gasteiger charge is -2.23. The van der Waals surface area contributed by atoms with E-state index in [1.165, 1.54) is 0 Å². The molecule has 3 amide bonds. The highest BCUT2D eigenvalue weighted by Crippen LogP contribution is 2.15. The van der Waals surface area contributed by atoms with Crippen LogP contribution in [0.3, 0.4) is 0 Å².